The highest BCUT2D eigenvalue weighted by Crippen LogP contribution is 2.31. The summed E-state index contributed by atoms with van der Waals surface area (Å²) in [7, 11) is 0. The summed E-state index contributed by atoms with van der Waals surface area (Å²) in [4.78, 5) is 28.0. The van der Waals surface area contributed by atoms with Crippen LogP contribution in [0, 0.1) is 6.92 Å². The van der Waals surface area contributed by atoms with Gasteiger partial charge >= 0.3 is 0 Å². The lowest BCUT2D eigenvalue weighted by molar-refractivity contribution is -0.143. The average Bonchev–Trinajstić information content (AvgIpc) is 2.72. The number of aryl methyl sites for hydroxylation is 1. The normalized spacial score (nSPS) is 12.4. The zero-order valence-corrected chi connectivity index (χ0v) is 20.6. The predicted octanol–water partition coefficient (Wildman–Crippen LogP) is 5.00. The van der Waals surface area contributed by atoms with Crippen LogP contribution >= 0.6 is 0 Å². The van der Waals surface area contributed by atoms with Gasteiger partial charge in [-0.25, -0.2) is 0 Å². The number of para-hydroxylation sites is 1. The standard InChI is InChI=1S/C27H38N2O3/c1-8-23(26(31)28-19(2)3)29(17-21-14-10-9-13-20(21)4)25(30)18-32-24-16-12-11-15-22(24)27(5,6)7/h9-16,19,23H,8,17-18H2,1-7H3,(H,28,31)/t23-/m0/s1. The lowest BCUT2D eigenvalue weighted by Gasteiger charge is -2.32. The number of nitrogens with zero attached hydrogens (tertiary/aromatic N) is 1. The molecule has 2 aromatic rings. The number of benzene rings is 2. The number of rotatable bonds is 9. The third-order valence-electron chi connectivity index (χ3n) is 5.47. The van der Waals surface area contributed by atoms with Gasteiger partial charge in [0.2, 0.25) is 5.91 Å². The van der Waals surface area contributed by atoms with Crippen LogP contribution in [0.25, 0.3) is 0 Å². The smallest absolute Gasteiger partial charge is 0.261 e. The Bertz CT molecular complexity index is 915. The van der Waals surface area contributed by atoms with Crippen molar-refractivity contribution in [2.45, 2.75) is 78.9 Å². The van der Waals surface area contributed by atoms with Gasteiger partial charge in [-0.1, -0.05) is 70.2 Å². The van der Waals surface area contributed by atoms with E-state index in [9.17, 15) is 9.59 Å². The molecule has 32 heavy (non-hydrogen) atoms. The lowest BCUT2D eigenvalue weighted by Crippen LogP contribution is -2.51. The first-order chi connectivity index (χ1) is 15.0. The number of nitrogens with one attached hydrogen (secondary N) is 1. The van der Waals surface area contributed by atoms with Crippen LogP contribution in [-0.4, -0.2) is 35.4 Å². The van der Waals surface area contributed by atoms with Gasteiger partial charge in [-0.2, -0.15) is 0 Å². The fourth-order valence-electron chi connectivity index (χ4n) is 3.71. The van der Waals surface area contributed by atoms with E-state index in [1.54, 1.807) is 4.90 Å². The highest BCUT2D eigenvalue weighted by atomic mass is 16.5. The second-order valence-electron chi connectivity index (χ2n) is 9.57. The summed E-state index contributed by atoms with van der Waals surface area (Å²) in [5.41, 5.74) is 3.04. The minimum Gasteiger partial charge on any atom is -0.483 e. The number of amides is 2. The summed E-state index contributed by atoms with van der Waals surface area (Å²) in [5.74, 6) is 0.353. The van der Waals surface area contributed by atoms with Gasteiger partial charge in [0.25, 0.3) is 5.91 Å². The molecule has 1 atom stereocenters. The van der Waals surface area contributed by atoms with E-state index in [4.69, 9.17) is 4.74 Å². The maximum absolute atomic E-state index is 13.4. The molecule has 5 nitrogen and oxygen atoms in total. The molecule has 0 aromatic heterocycles. The predicted molar refractivity (Wildman–Crippen MR) is 130 cm³/mol. The SMILES string of the molecule is CC[C@@H](C(=O)NC(C)C)N(Cc1ccccc1C)C(=O)COc1ccccc1C(C)(C)C. The minimum atomic E-state index is -0.564. The summed E-state index contributed by atoms with van der Waals surface area (Å²) in [6, 6.07) is 15.2. The van der Waals surface area contributed by atoms with Crippen LogP contribution in [0.3, 0.4) is 0 Å². The molecule has 0 bridgehead atoms. The van der Waals surface area contributed by atoms with E-state index in [-0.39, 0.29) is 29.9 Å². The summed E-state index contributed by atoms with van der Waals surface area (Å²) in [6.07, 6.45) is 0.523. The Kier molecular flexibility index (Phi) is 8.88. The second-order valence-corrected chi connectivity index (χ2v) is 9.57. The maximum Gasteiger partial charge on any atom is 0.261 e. The van der Waals surface area contributed by atoms with E-state index in [1.807, 2.05) is 76.2 Å². The van der Waals surface area contributed by atoms with E-state index in [2.05, 4.69) is 26.1 Å². The van der Waals surface area contributed by atoms with E-state index in [0.717, 1.165) is 16.7 Å². The minimum absolute atomic E-state index is 0.00174. The highest BCUT2D eigenvalue weighted by Gasteiger charge is 2.30. The molecule has 174 valence electrons. The molecule has 0 spiro atoms. The molecule has 0 aliphatic heterocycles. The van der Waals surface area contributed by atoms with E-state index >= 15 is 0 Å². The molecular formula is C27H38N2O3. The molecule has 1 N–H and O–H groups in total. The van der Waals surface area contributed by atoms with Gasteiger partial charge in [-0.05, 0) is 55.4 Å². The number of ether oxygens (including phenoxy) is 1. The Hall–Kier alpha value is -2.82. The Morgan fingerprint density at radius 1 is 1.03 bits per heavy atom. The summed E-state index contributed by atoms with van der Waals surface area (Å²) in [5, 5.41) is 2.96. The molecule has 0 saturated carbocycles. The Labute approximate surface area is 193 Å². The van der Waals surface area contributed by atoms with Gasteiger partial charge in [-0.3, -0.25) is 9.59 Å². The third-order valence-corrected chi connectivity index (χ3v) is 5.47. The lowest BCUT2D eigenvalue weighted by atomic mass is 9.86. The molecule has 0 radical (unpaired) electrons. The van der Waals surface area contributed by atoms with Gasteiger partial charge in [0.1, 0.15) is 11.8 Å². The first-order valence-electron chi connectivity index (χ1n) is 11.4. The Balaban J connectivity index is 2.29. The van der Waals surface area contributed by atoms with Crippen molar-refractivity contribution in [1.29, 1.82) is 0 Å². The van der Waals surface area contributed by atoms with Crippen molar-refractivity contribution in [3.05, 3.63) is 65.2 Å². The molecule has 0 heterocycles. The summed E-state index contributed by atoms with van der Waals surface area (Å²) < 4.78 is 6.01. The molecular weight excluding hydrogens is 400 g/mol. The third kappa shape index (κ3) is 6.84. The van der Waals surface area contributed by atoms with E-state index < -0.39 is 6.04 Å². The topological polar surface area (TPSA) is 58.6 Å². The number of hydrogen-bond acceptors (Lipinski definition) is 3. The molecule has 0 fully saturated rings. The molecule has 0 aliphatic carbocycles. The van der Waals surface area contributed by atoms with Gasteiger partial charge in [0.15, 0.2) is 6.61 Å². The van der Waals surface area contributed by atoms with Crippen LogP contribution in [0.5, 0.6) is 5.75 Å². The van der Waals surface area contributed by atoms with Crippen LogP contribution < -0.4 is 10.1 Å². The molecule has 0 saturated heterocycles. The summed E-state index contributed by atoms with van der Waals surface area (Å²) >= 11 is 0. The van der Waals surface area contributed by atoms with Gasteiger partial charge in [0.05, 0.1) is 0 Å². The maximum atomic E-state index is 13.4. The van der Waals surface area contributed by atoms with Crippen molar-refractivity contribution in [1.82, 2.24) is 10.2 Å². The molecule has 0 aliphatic rings. The van der Waals surface area contributed by atoms with Crippen molar-refractivity contribution in [2.24, 2.45) is 0 Å². The van der Waals surface area contributed by atoms with Crippen molar-refractivity contribution >= 4 is 11.8 Å². The van der Waals surface area contributed by atoms with Crippen LogP contribution in [0.2, 0.25) is 0 Å². The Morgan fingerprint density at radius 3 is 2.25 bits per heavy atom. The largest absolute Gasteiger partial charge is 0.483 e. The van der Waals surface area contributed by atoms with Crippen LogP contribution in [0.4, 0.5) is 0 Å². The molecule has 2 amide bonds. The molecule has 0 unspecified atom stereocenters. The fourth-order valence-corrected chi connectivity index (χ4v) is 3.71. The van der Waals surface area contributed by atoms with Crippen LogP contribution in [-0.2, 0) is 21.5 Å². The van der Waals surface area contributed by atoms with Gasteiger partial charge < -0.3 is 15.0 Å². The molecule has 5 heteroatoms. The van der Waals surface area contributed by atoms with E-state index in [1.165, 1.54) is 0 Å². The Morgan fingerprint density at radius 2 is 1.66 bits per heavy atom. The number of carbonyl (C=O) groups excluding carboxylic acids is 2. The fraction of sp³-hybridized carbons (Fsp3) is 0.481. The van der Waals surface area contributed by atoms with E-state index in [0.29, 0.717) is 18.7 Å². The van der Waals surface area contributed by atoms with Crippen molar-refractivity contribution in [2.75, 3.05) is 6.61 Å². The van der Waals surface area contributed by atoms with Crippen LogP contribution in [0.15, 0.2) is 48.5 Å². The zero-order valence-electron chi connectivity index (χ0n) is 20.6. The first kappa shape index (κ1) is 25.4. The number of hydrogen-bond donors (Lipinski definition) is 1. The quantitative estimate of drug-likeness (QED) is 0.599. The summed E-state index contributed by atoms with van der Waals surface area (Å²) in [6.45, 7) is 14.4. The second kappa shape index (κ2) is 11.2. The zero-order chi connectivity index (χ0) is 23.9. The highest BCUT2D eigenvalue weighted by molar-refractivity contribution is 5.88. The van der Waals surface area contributed by atoms with Gasteiger partial charge in [0, 0.05) is 12.6 Å². The van der Waals surface area contributed by atoms with Crippen LogP contribution in [0.1, 0.15) is 64.7 Å². The molecule has 2 rings (SSSR count). The van der Waals surface area contributed by atoms with Gasteiger partial charge in [-0.15, -0.1) is 0 Å². The van der Waals surface area contributed by atoms with Crippen molar-refractivity contribution in [3.63, 3.8) is 0 Å². The van der Waals surface area contributed by atoms with Crippen molar-refractivity contribution in [3.8, 4) is 5.75 Å². The van der Waals surface area contributed by atoms with Crippen molar-refractivity contribution < 1.29 is 14.3 Å². The number of carbonyl (C=O) groups is 2. The monoisotopic (exact) mass is 438 g/mol. The molecule has 2 aromatic carbocycles. The average molecular weight is 439 g/mol. The first-order valence-corrected chi connectivity index (χ1v) is 11.4.